The minimum absolute atomic E-state index is 0.331. The van der Waals surface area contributed by atoms with E-state index in [1.807, 2.05) is 12.1 Å². The predicted molar refractivity (Wildman–Crippen MR) is 99.5 cm³/mol. The molecule has 1 saturated heterocycles. The average molecular weight is 360 g/mol. The van der Waals surface area contributed by atoms with E-state index in [0.29, 0.717) is 13.4 Å². The predicted octanol–water partition coefficient (Wildman–Crippen LogP) is 2.42. The number of quaternary nitrogens is 1. The van der Waals surface area contributed by atoms with Crippen molar-refractivity contribution in [1.29, 1.82) is 0 Å². The van der Waals surface area contributed by atoms with Crippen LogP contribution in [0.3, 0.4) is 0 Å². The zero-order chi connectivity index (χ0) is 17.2. The lowest BCUT2D eigenvalue weighted by molar-refractivity contribution is -0.914. The monoisotopic (exact) mass is 359 g/mol. The fourth-order valence-corrected chi connectivity index (χ4v) is 4.08. The normalized spacial score (nSPS) is 17.9. The summed E-state index contributed by atoms with van der Waals surface area (Å²) in [7, 11) is 0. The molecule has 4 rings (SSSR count). The molecule has 0 unspecified atom stereocenters. The van der Waals surface area contributed by atoms with E-state index in [1.165, 1.54) is 16.8 Å². The second kappa shape index (κ2) is 7.24. The number of aryl methyl sites for hydroxylation is 1. The average Bonchev–Trinajstić information content (AvgIpc) is 2.63. The van der Waals surface area contributed by atoms with Crippen molar-refractivity contribution in [3.63, 3.8) is 0 Å². The van der Waals surface area contributed by atoms with Gasteiger partial charge in [0.1, 0.15) is 12.3 Å². The van der Waals surface area contributed by atoms with E-state index in [-0.39, 0.29) is 0 Å². The van der Waals surface area contributed by atoms with Crippen LogP contribution in [0, 0.1) is 6.92 Å². The summed E-state index contributed by atoms with van der Waals surface area (Å²) >= 11 is 6.29. The Balaban J connectivity index is 1.44. The molecule has 2 heterocycles. The highest BCUT2D eigenvalue weighted by atomic mass is 35.5. The van der Waals surface area contributed by atoms with Crippen LogP contribution in [0.5, 0.6) is 5.75 Å². The minimum atomic E-state index is 0.331. The van der Waals surface area contributed by atoms with Crippen LogP contribution in [0.2, 0.25) is 5.02 Å². The second-order valence-electron chi connectivity index (χ2n) is 6.86. The second-order valence-corrected chi connectivity index (χ2v) is 7.30. The van der Waals surface area contributed by atoms with Crippen LogP contribution in [0.1, 0.15) is 16.7 Å². The first kappa shape index (κ1) is 16.7. The Bertz CT molecular complexity index is 757. The van der Waals surface area contributed by atoms with Gasteiger partial charge >= 0.3 is 0 Å². The molecule has 0 aromatic heterocycles. The highest BCUT2D eigenvalue weighted by molar-refractivity contribution is 6.30. The van der Waals surface area contributed by atoms with E-state index >= 15 is 0 Å². The zero-order valence-corrected chi connectivity index (χ0v) is 15.3. The summed E-state index contributed by atoms with van der Waals surface area (Å²) in [5, 5.41) is 0.765. The maximum atomic E-state index is 6.29. The highest BCUT2D eigenvalue weighted by Gasteiger charge is 2.24. The van der Waals surface area contributed by atoms with E-state index in [4.69, 9.17) is 21.1 Å². The van der Waals surface area contributed by atoms with E-state index in [2.05, 4.69) is 36.1 Å². The first-order valence-electron chi connectivity index (χ1n) is 8.87. The van der Waals surface area contributed by atoms with Crippen molar-refractivity contribution in [2.24, 2.45) is 0 Å². The van der Waals surface area contributed by atoms with Crippen molar-refractivity contribution in [2.45, 2.75) is 20.1 Å². The number of ether oxygens (including phenoxy) is 2. The molecule has 4 nitrogen and oxygen atoms in total. The fraction of sp³-hybridized carbons (Fsp3) is 0.400. The molecule has 5 heteroatoms. The molecule has 1 N–H and O–H groups in total. The van der Waals surface area contributed by atoms with E-state index in [9.17, 15) is 0 Å². The van der Waals surface area contributed by atoms with Crippen LogP contribution in [0.4, 0.5) is 5.69 Å². The minimum Gasteiger partial charge on any atom is -0.467 e. The van der Waals surface area contributed by atoms with Gasteiger partial charge in [-0.3, -0.25) is 0 Å². The Hall–Kier alpha value is -1.75. The van der Waals surface area contributed by atoms with Crippen molar-refractivity contribution < 1.29 is 14.4 Å². The van der Waals surface area contributed by atoms with Crippen LogP contribution in [0.25, 0.3) is 0 Å². The van der Waals surface area contributed by atoms with Gasteiger partial charge in [-0.2, -0.15) is 0 Å². The van der Waals surface area contributed by atoms with Gasteiger partial charge in [0.2, 0.25) is 0 Å². The van der Waals surface area contributed by atoms with Crippen LogP contribution >= 0.6 is 11.6 Å². The summed E-state index contributed by atoms with van der Waals surface area (Å²) in [6.07, 6.45) is 0. The number of piperazine rings is 1. The third kappa shape index (κ3) is 3.61. The number of nitrogens with zero attached hydrogens (tertiary/aromatic N) is 1. The molecule has 2 aliphatic rings. The van der Waals surface area contributed by atoms with Crippen LogP contribution < -0.4 is 14.5 Å². The first-order valence-corrected chi connectivity index (χ1v) is 9.24. The SMILES string of the molecule is Cc1ccccc1N1CC[NH+](Cc2cc(Cl)cc3c2OCOC3)CC1. The van der Waals surface area contributed by atoms with Crippen molar-refractivity contribution in [2.75, 3.05) is 37.9 Å². The van der Waals surface area contributed by atoms with Crippen molar-refractivity contribution in [1.82, 2.24) is 0 Å². The molecule has 132 valence electrons. The van der Waals surface area contributed by atoms with Crippen LogP contribution in [-0.2, 0) is 17.9 Å². The Morgan fingerprint density at radius 2 is 1.96 bits per heavy atom. The summed E-state index contributed by atoms with van der Waals surface area (Å²) in [5.41, 5.74) is 4.97. The number of nitrogens with one attached hydrogen (secondary N) is 1. The molecule has 25 heavy (non-hydrogen) atoms. The number of anilines is 1. The van der Waals surface area contributed by atoms with Crippen LogP contribution in [-0.4, -0.2) is 33.0 Å². The fourth-order valence-electron chi connectivity index (χ4n) is 3.82. The molecule has 0 atom stereocenters. The van der Waals surface area contributed by atoms with Gasteiger partial charge in [-0.1, -0.05) is 29.8 Å². The number of hydrogen-bond donors (Lipinski definition) is 1. The first-order chi connectivity index (χ1) is 12.2. The maximum Gasteiger partial charge on any atom is 0.189 e. The van der Waals surface area contributed by atoms with E-state index in [1.54, 1.807) is 4.90 Å². The molecule has 2 aliphatic heterocycles. The van der Waals surface area contributed by atoms with E-state index < -0.39 is 0 Å². The van der Waals surface area contributed by atoms with Gasteiger partial charge in [0.05, 0.1) is 38.3 Å². The number of halogens is 1. The van der Waals surface area contributed by atoms with Crippen LogP contribution in [0.15, 0.2) is 36.4 Å². The molecule has 0 amide bonds. The topological polar surface area (TPSA) is 26.1 Å². The smallest absolute Gasteiger partial charge is 0.189 e. The van der Waals surface area contributed by atoms with Gasteiger partial charge < -0.3 is 19.3 Å². The lowest BCUT2D eigenvalue weighted by atomic mass is 10.1. The molecular formula is C20H24ClN2O2+. The third-order valence-electron chi connectivity index (χ3n) is 5.12. The molecule has 0 bridgehead atoms. The number of para-hydroxylation sites is 1. The summed E-state index contributed by atoms with van der Waals surface area (Å²) in [5.74, 6) is 0.976. The molecule has 0 aliphatic carbocycles. The van der Waals surface area contributed by atoms with Gasteiger partial charge in [0.25, 0.3) is 0 Å². The standard InChI is InChI=1S/C20H23ClN2O2/c1-15-4-2-3-5-19(15)23-8-6-22(7-9-23)12-16-10-18(21)11-17-13-24-14-25-20(16)17/h2-5,10-11H,6-9,12-14H2,1H3/p+1. The number of rotatable bonds is 3. The maximum absolute atomic E-state index is 6.29. The third-order valence-corrected chi connectivity index (χ3v) is 5.34. The molecule has 0 radical (unpaired) electrons. The largest absolute Gasteiger partial charge is 0.467 e. The summed E-state index contributed by atoms with van der Waals surface area (Å²) < 4.78 is 11.1. The van der Waals surface area contributed by atoms with Crippen molar-refractivity contribution >= 4 is 17.3 Å². The highest BCUT2D eigenvalue weighted by Crippen LogP contribution is 2.31. The van der Waals surface area contributed by atoms with Crippen molar-refractivity contribution in [3.8, 4) is 5.75 Å². The van der Waals surface area contributed by atoms with Gasteiger partial charge in [-0.15, -0.1) is 0 Å². The van der Waals surface area contributed by atoms with E-state index in [0.717, 1.165) is 49.1 Å². The Morgan fingerprint density at radius 1 is 1.16 bits per heavy atom. The number of hydrogen-bond acceptors (Lipinski definition) is 3. The molecule has 1 fully saturated rings. The summed E-state index contributed by atoms with van der Waals surface area (Å²) in [6.45, 7) is 8.44. The number of fused-ring (bicyclic) bond motifs is 1. The molecular weight excluding hydrogens is 336 g/mol. The molecule has 2 aromatic rings. The quantitative estimate of drug-likeness (QED) is 0.911. The van der Waals surface area contributed by atoms with Gasteiger partial charge in [0.15, 0.2) is 6.79 Å². The van der Waals surface area contributed by atoms with Gasteiger partial charge in [0, 0.05) is 16.3 Å². The zero-order valence-electron chi connectivity index (χ0n) is 14.6. The molecule has 0 saturated carbocycles. The summed E-state index contributed by atoms with van der Waals surface area (Å²) in [6, 6.07) is 12.6. The summed E-state index contributed by atoms with van der Waals surface area (Å²) in [4.78, 5) is 4.07. The molecule has 0 spiro atoms. The molecule has 2 aromatic carbocycles. The Morgan fingerprint density at radius 3 is 2.76 bits per heavy atom. The Labute approximate surface area is 153 Å². The lowest BCUT2D eigenvalue weighted by Crippen LogP contribution is -3.13. The Kier molecular flexibility index (Phi) is 4.84. The van der Waals surface area contributed by atoms with Crippen molar-refractivity contribution in [3.05, 3.63) is 58.1 Å². The van der Waals surface area contributed by atoms with Gasteiger partial charge in [-0.05, 0) is 30.7 Å². The number of benzene rings is 2. The van der Waals surface area contributed by atoms with Gasteiger partial charge in [-0.25, -0.2) is 0 Å². The lowest BCUT2D eigenvalue weighted by Gasteiger charge is -2.35.